The van der Waals surface area contributed by atoms with Gasteiger partial charge in [-0.2, -0.15) is 0 Å². The fourth-order valence-electron chi connectivity index (χ4n) is 4.66. The number of benzene rings is 1. The normalized spacial score (nSPS) is 20.2. The quantitative estimate of drug-likeness (QED) is 0.549. The molecule has 10 heteroatoms. The zero-order valence-electron chi connectivity index (χ0n) is 20.3. The summed E-state index contributed by atoms with van der Waals surface area (Å²) in [7, 11) is 1.64. The van der Waals surface area contributed by atoms with Gasteiger partial charge in [0.15, 0.2) is 6.10 Å². The number of hydrogen-bond acceptors (Lipinski definition) is 5. The Hall–Kier alpha value is -2.52. The molecule has 188 valence electrons. The molecule has 1 aromatic rings. The molecule has 2 aliphatic heterocycles. The molecule has 0 spiro atoms. The van der Waals surface area contributed by atoms with Gasteiger partial charge in [0.1, 0.15) is 5.75 Å². The van der Waals surface area contributed by atoms with Crippen LogP contribution in [0.3, 0.4) is 0 Å². The van der Waals surface area contributed by atoms with Crippen LogP contribution in [0.25, 0.3) is 0 Å². The van der Waals surface area contributed by atoms with E-state index in [4.69, 9.17) is 21.1 Å². The lowest BCUT2D eigenvalue weighted by Gasteiger charge is -2.41. The van der Waals surface area contributed by atoms with Crippen LogP contribution in [-0.2, 0) is 9.53 Å². The van der Waals surface area contributed by atoms with Crippen molar-refractivity contribution < 1.29 is 29.0 Å². The van der Waals surface area contributed by atoms with Gasteiger partial charge in [0, 0.05) is 45.5 Å². The number of anilines is 1. The topological polar surface area (TPSA) is 99.6 Å². The Bertz CT molecular complexity index is 924. The van der Waals surface area contributed by atoms with Crippen molar-refractivity contribution in [3.8, 4) is 5.75 Å². The van der Waals surface area contributed by atoms with Gasteiger partial charge in [0.2, 0.25) is 0 Å². The molecule has 2 heterocycles. The molecule has 9 nitrogen and oxygen atoms in total. The SMILES string of the molecule is COCCCCN1C(=O)[C@@H](C)Oc2cc(Cl)c(C(=O)N(C(C)C)[C@@H]3CCCN(C(=O)O)C3)cc21. The van der Waals surface area contributed by atoms with Gasteiger partial charge in [0.05, 0.1) is 22.3 Å². The third-order valence-electron chi connectivity index (χ3n) is 6.32. The number of amides is 3. The summed E-state index contributed by atoms with van der Waals surface area (Å²) in [6.07, 6.45) is 1.29. The Kier molecular flexibility index (Phi) is 8.65. The number of piperidine rings is 1. The van der Waals surface area contributed by atoms with E-state index in [9.17, 15) is 19.5 Å². The van der Waals surface area contributed by atoms with Gasteiger partial charge >= 0.3 is 6.09 Å². The van der Waals surface area contributed by atoms with E-state index in [2.05, 4.69) is 0 Å². The molecule has 2 aliphatic rings. The van der Waals surface area contributed by atoms with Crippen molar-refractivity contribution in [2.24, 2.45) is 0 Å². The maximum atomic E-state index is 13.7. The number of halogens is 1. The molecule has 0 saturated carbocycles. The molecule has 1 N–H and O–H groups in total. The van der Waals surface area contributed by atoms with E-state index in [0.717, 1.165) is 12.8 Å². The molecule has 0 aromatic heterocycles. The van der Waals surface area contributed by atoms with Gasteiger partial charge in [-0.1, -0.05) is 11.6 Å². The van der Waals surface area contributed by atoms with Gasteiger partial charge in [-0.15, -0.1) is 0 Å². The molecule has 1 fully saturated rings. The molecule has 0 aliphatic carbocycles. The van der Waals surface area contributed by atoms with E-state index in [-0.39, 0.29) is 41.0 Å². The number of rotatable bonds is 8. The fraction of sp³-hybridized carbons (Fsp3) is 0.625. The third kappa shape index (κ3) is 5.58. The number of unbranched alkanes of at least 4 members (excludes halogenated alkanes) is 1. The first-order valence-corrected chi connectivity index (χ1v) is 12.1. The van der Waals surface area contributed by atoms with Crippen LogP contribution in [0.15, 0.2) is 12.1 Å². The van der Waals surface area contributed by atoms with Crippen molar-refractivity contribution in [2.75, 3.05) is 38.3 Å². The highest BCUT2D eigenvalue weighted by atomic mass is 35.5. The smallest absolute Gasteiger partial charge is 0.407 e. The Labute approximate surface area is 205 Å². The summed E-state index contributed by atoms with van der Waals surface area (Å²) in [6.45, 7) is 7.29. The summed E-state index contributed by atoms with van der Waals surface area (Å²) in [5.41, 5.74) is 0.794. The minimum atomic E-state index is -0.985. The van der Waals surface area contributed by atoms with Crippen molar-refractivity contribution in [3.05, 3.63) is 22.7 Å². The standard InChI is InChI=1S/C24H34ClN3O6/c1-15(2)28(17-8-7-9-26(14-17)24(31)32)23(30)18-12-20-21(13-19(18)25)34-16(3)22(29)27(20)10-5-6-11-33-4/h12-13,15-17H,5-11,14H2,1-4H3,(H,31,32)/t16-,17-/m1/s1. The van der Waals surface area contributed by atoms with Gasteiger partial charge in [-0.25, -0.2) is 4.79 Å². The van der Waals surface area contributed by atoms with Crippen LogP contribution < -0.4 is 9.64 Å². The van der Waals surface area contributed by atoms with Gasteiger partial charge in [0.25, 0.3) is 11.8 Å². The molecule has 1 saturated heterocycles. The summed E-state index contributed by atoms with van der Waals surface area (Å²) >= 11 is 6.55. The maximum Gasteiger partial charge on any atom is 0.407 e. The van der Waals surface area contributed by atoms with Crippen LogP contribution >= 0.6 is 11.6 Å². The number of likely N-dealkylation sites (tertiary alicyclic amines) is 1. The summed E-state index contributed by atoms with van der Waals surface area (Å²) in [5, 5.41) is 9.67. The third-order valence-corrected chi connectivity index (χ3v) is 6.63. The van der Waals surface area contributed by atoms with E-state index in [0.29, 0.717) is 44.0 Å². The highest BCUT2D eigenvalue weighted by Crippen LogP contribution is 2.39. The number of fused-ring (bicyclic) bond motifs is 1. The number of nitrogens with zero attached hydrogens (tertiary/aromatic N) is 3. The van der Waals surface area contributed by atoms with Crippen LogP contribution in [-0.4, -0.2) is 84.4 Å². The van der Waals surface area contributed by atoms with Crippen molar-refractivity contribution in [1.29, 1.82) is 0 Å². The number of carboxylic acid groups (broad SMARTS) is 1. The largest absolute Gasteiger partial charge is 0.479 e. The molecule has 0 bridgehead atoms. The predicted molar refractivity (Wildman–Crippen MR) is 129 cm³/mol. The highest BCUT2D eigenvalue weighted by Gasteiger charge is 2.36. The Morgan fingerprint density at radius 2 is 2.06 bits per heavy atom. The average molecular weight is 496 g/mol. The molecular weight excluding hydrogens is 462 g/mol. The summed E-state index contributed by atoms with van der Waals surface area (Å²) in [6, 6.07) is 2.81. The highest BCUT2D eigenvalue weighted by molar-refractivity contribution is 6.34. The van der Waals surface area contributed by atoms with E-state index in [1.807, 2.05) is 13.8 Å². The minimum absolute atomic E-state index is 0.165. The summed E-state index contributed by atoms with van der Waals surface area (Å²) in [5.74, 6) is 0.00684. The zero-order valence-corrected chi connectivity index (χ0v) is 21.0. The second-order valence-corrected chi connectivity index (χ2v) is 9.49. The maximum absolute atomic E-state index is 13.7. The van der Waals surface area contributed by atoms with E-state index >= 15 is 0 Å². The number of carbonyl (C=O) groups excluding carboxylic acids is 2. The first-order valence-electron chi connectivity index (χ1n) is 11.8. The molecule has 3 rings (SSSR count). The molecule has 3 amide bonds. The summed E-state index contributed by atoms with van der Waals surface area (Å²) < 4.78 is 10.9. The second-order valence-electron chi connectivity index (χ2n) is 9.08. The van der Waals surface area contributed by atoms with Crippen molar-refractivity contribution in [2.45, 2.75) is 64.6 Å². The van der Waals surface area contributed by atoms with E-state index in [1.54, 1.807) is 36.0 Å². The lowest BCUT2D eigenvalue weighted by atomic mass is 10.0. The van der Waals surface area contributed by atoms with Gasteiger partial charge in [-0.05, 0) is 52.5 Å². The lowest BCUT2D eigenvalue weighted by Crippen LogP contribution is -2.53. The van der Waals surface area contributed by atoms with Crippen LogP contribution in [0.4, 0.5) is 10.5 Å². The molecule has 0 radical (unpaired) electrons. The van der Waals surface area contributed by atoms with Crippen LogP contribution in [0.1, 0.15) is 56.8 Å². The predicted octanol–water partition coefficient (Wildman–Crippen LogP) is 3.87. The fourth-order valence-corrected chi connectivity index (χ4v) is 4.89. The van der Waals surface area contributed by atoms with Gasteiger partial charge < -0.3 is 29.3 Å². The van der Waals surface area contributed by atoms with Crippen LogP contribution in [0.2, 0.25) is 5.02 Å². The van der Waals surface area contributed by atoms with E-state index in [1.165, 1.54) is 4.90 Å². The number of carbonyl (C=O) groups is 3. The van der Waals surface area contributed by atoms with Crippen LogP contribution in [0, 0.1) is 0 Å². The second kappa shape index (κ2) is 11.3. The number of ether oxygens (including phenoxy) is 2. The monoisotopic (exact) mass is 495 g/mol. The lowest BCUT2D eigenvalue weighted by molar-refractivity contribution is -0.125. The first kappa shape index (κ1) is 26.1. The molecule has 34 heavy (non-hydrogen) atoms. The van der Waals surface area contributed by atoms with Crippen molar-refractivity contribution in [1.82, 2.24) is 9.80 Å². The number of methoxy groups -OCH3 is 1. The molecule has 2 atom stereocenters. The Morgan fingerprint density at radius 1 is 1.32 bits per heavy atom. The zero-order chi connectivity index (χ0) is 25.0. The van der Waals surface area contributed by atoms with Crippen LogP contribution in [0.5, 0.6) is 5.75 Å². The molecule has 1 aromatic carbocycles. The Morgan fingerprint density at radius 3 is 2.71 bits per heavy atom. The molecular formula is C24H34ClN3O6. The average Bonchev–Trinajstić information content (AvgIpc) is 2.78. The van der Waals surface area contributed by atoms with Crippen molar-refractivity contribution >= 4 is 35.2 Å². The summed E-state index contributed by atoms with van der Waals surface area (Å²) in [4.78, 5) is 42.8. The molecule has 0 unspecified atom stereocenters. The first-order chi connectivity index (χ1) is 16.1. The minimum Gasteiger partial charge on any atom is -0.479 e. The number of hydrogen-bond donors (Lipinski definition) is 1. The Balaban J connectivity index is 1.92. The van der Waals surface area contributed by atoms with Gasteiger partial charge in [-0.3, -0.25) is 9.59 Å². The van der Waals surface area contributed by atoms with E-state index < -0.39 is 12.2 Å². The van der Waals surface area contributed by atoms with Crippen molar-refractivity contribution in [3.63, 3.8) is 0 Å².